The summed E-state index contributed by atoms with van der Waals surface area (Å²) in [5.41, 5.74) is -0.567. The molecular weight excluding hydrogens is 248 g/mol. The van der Waals surface area contributed by atoms with Crippen molar-refractivity contribution in [3.63, 3.8) is 0 Å². The van der Waals surface area contributed by atoms with E-state index in [-0.39, 0.29) is 11.5 Å². The summed E-state index contributed by atoms with van der Waals surface area (Å²) >= 11 is 0. The molecule has 0 saturated carbocycles. The molecule has 19 heavy (non-hydrogen) atoms. The summed E-state index contributed by atoms with van der Waals surface area (Å²) in [5, 5.41) is 9.29. The molecule has 1 N–H and O–H groups in total. The van der Waals surface area contributed by atoms with E-state index in [0.29, 0.717) is 5.52 Å². The Hall–Kier alpha value is -2.37. The molecule has 0 unspecified atom stereocenters. The van der Waals surface area contributed by atoms with Crippen molar-refractivity contribution in [1.82, 2.24) is 9.38 Å². The van der Waals surface area contributed by atoms with Gasteiger partial charge in [0, 0.05) is 6.20 Å². The summed E-state index contributed by atoms with van der Waals surface area (Å²) in [6, 6.07) is 5.19. The van der Waals surface area contributed by atoms with Crippen LogP contribution in [0, 0.1) is 0 Å². The number of aromatic nitrogens is 2. The molecule has 0 fully saturated rings. The Morgan fingerprint density at radius 3 is 2.63 bits per heavy atom. The number of carboxylic acid groups (broad SMARTS) is 1. The van der Waals surface area contributed by atoms with Crippen molar-refractivity contribution < 1.29 is 19.4 Å². The molecule has 2 rings (SSSR count). The Bertz CT molecular complexity index is 658. The number of fused-ring (bicyclic) bond motifs is 1. The number of nitrogens with zero attached hydrogens (tertiary/aromatic N) is 2. The Morgan fingerprint density at radius 2 is 2.05 bits per heavy atom. The molecule has 0 aliphatic rings. The molecule has 6 heteroatoms. The van der Waals surface area contributed by atoms with Crippen LogP contribution in [0.4, 0.5) is 0 Å². The van der Waals surface area contributed by atoms with E-state index in [1.807, 2.05) is 0 Å². The van der Waals surface area contributed by atoms with E-state index in [4.69, 9.17) is 0 Å². The predicted octanol–water partition coefficient (Wildman–Crippen LogP) is 1.48. The molecule has 2 aromatic heterocycles. The van der Waals surface area contributed by atoms with Gasteiger partial charge in [-0.25, -0.2) is 9.78 Å². The minimum Gasteiger partial charge on any atom is -0.481 e. The highest BCUT2D eigenvalue weighted by molar-refractivity contribution is 5.95. The van der Waals surface area contributed by atoms with Gasteiger partial charge in [0.1, 0.15) is 11.2 Å². The maximum absolute atomic E-state index is 11.7. The van der Waals surface area contributed by atoms with E-state index in [1.54, 1.807) is 28.8 Å². The molecule has 6 nitrogen and oxygen atoms in total. The van der Waals surface area contributed by atoms with Gasteiger partial charge in [-0.15, -0.1) is 0 Å². The molecule has 0 radical (unpaired) electrons. The smallest absolute Gasteiger partial charge is 0.358 e. The molecule has 0 aromatic carbocycles. The topological polar surface area (TPSA) is 80.9 Å². The first-order valence-electron chi connectivity index (χ1n) is 5.69. The molecule has 0 aliphatic heterocycles. The summed E-state index contributed by atoms with van der Waals surface area (Å²) < 4.78 is 6.27. The number of ether oxygens (including phenoxy) is 1. The van der Waals surface area contributed by atoms with Crippen molar-refractivity contribution in [2.75, 3.05) is 7.11 Å². The van der Waals surface area contributed by atoms with Gasteiger partial charge in [0.2, 0.25) is 0 Å². The maximum Gasteiger partial charge on any atom is 0.358 e. The Balaban J connectivity index is 2.77. The summed E-state index contributed by atoms with van der Waals surface area (Å²) in [7, 11) is 1.26. The largest absolute Gasteiger partial charge is 0.481 e. The quantitative estimate of drug-likeness (QED) is 0.847. The number of pyridine rings is 1. The summed E-state index contributed by atoms with van der Waals surface area (Å²) in [6.45, 7) is 3.08. The zero-order valence-electron chi connectivity index (χ0n) is 10.9. The summed E-state index contributed by atoms with van der Waals surface area (Å²) in [4.78, 5) is 27.2. The Labute approximate surface area is 109 Å². The first-order chi connectivity index (χ1) is 8.89. The number of hydrogen-bond acceptors (Lipinski definition) is 4. The average molecular weight is 262 g/mol. The number of carbonyl (C=O) groups is 2. The van der Waals surface area contributed by atoms with E-state index in [1.165, 1.54) is 21.0 Å². The van der Waals surface area contributed by atoms with Crippen LogP contribution in [-0.4, -0.2) is 33.5 Å². The Morgan fingerprint density at radius 1 is 1.37 bits per heavy atom. The lowest BCUT2D eigenvalue weighted by Gasteiger charge is -2.17. The third-order valence-corrected chi connectivity index (χ3v) is 3.02. The molecule has 0 saturated heterocycles. The minimum atomic E-state index is -1.21. The lowest BCUT2D eigenvalue weighted by molar-refractivity contribution is -0.142. The first-order valence-corrected chi connectivity index (χ1v) is 5.69. The van der Waals surface area contributed by atoms with E-state index >= 15 is 0 Å². The number of aliphatic carboxylic acids is 1. The highest BCUT2D eigenvalue weighted by Crippen LogP contribution is 2.25. The summed E-state index contributed by atoms with van der Waals surface area (Å²) in [6.07, 6.45) is 1.68. The van der Waals surface area contributed by atoms with Crippen LogP contribution in [-0.2, 0) is 14.9 Å². The van der Waals surface area contributed by atoms with Gasteiger partial charge in [-0.05, 0) is 26.0 Å². The van der Waals surface area contributed by atoms with Crippen LogP contribution in [0.1, 0.15) is 30.2 Å². The van der Waals surface area contributed by atoms with Crippen LogP contribution >= 0.6 is 0 Å². The van der Waals surface area contributed by atoms with E-state index < -0.39 is 17.4 Å². The molecular formula is C13H14N2O4. The highest BCUT2D eigenvalue weighted by Gasteiger charge is 2.35. The lowest BCUT2D eigenvalue weighted by Crippen LogP contribution is -2.31. The number of rotatable bonds is 3. The van der Waals surface area contributed by atoms with E-state index in [9.17, 15) is 14.7 Å². The second-order valence-corrected chi connectivity index (χ2v) is 4.66. The van der Waals surface area contributed by atoms with Crippen molar-refractivity contribution in [3.8, 4) is 0 Å². The zero-order valence-corrected chi connectivity index (χ0v) is 10.9. The SMILES string of the molecule is COC(=O)c1nc(C(C)(C)C(=O)O)n2ccccc12. The molecule has 2 aromatic rings. The van der Waals surface area contributed by atoms with Crippen molar-refractivity contribution in [3.05, 3.63) is 35.9 Å². The van der Waals surface area contributed by atoms with Crippen molar-refractivity contribution in [2.24, 2.45) is 0 Å². The van der Waals surface area contributed by atoms with Crippen LogP contribution in [0.15, 0.2) is 24.4 Å². The van der Waals surface area contributed by atoms with E-state index in [2.05, 4.69) is 9.72 Å². The molecule has 2 heterocycles. The number of imidazole rings is 1. The fourth-order valence-corrected chi connectivity index (χ4v) is 1.82. The molecule has 0 aliphatic carbocycles. The number of methoxy groups -OCH3 is 1. The predicted molar refractivity (Wildman–Crippen MR) is 67.2 cm³/mol. The average Bonchev–Trinajstić information content (AvgIpc) is 2.77. The first kappa shape index (κ1) is 13.1. The van der Waals surface area contributed by atoms with E-state index in [0.717, 1.165) is 0 Å². The molecule has 0 atom stereocenters. The van der Waals surface area contributed by atoms with Crippen LogP contribution in [0.3, 0.4) is 0 Å². The highest BCUT2D eigenvalue weighted by atomic mass is 16.5. The number of esters is 1. The van der Waals surface area contributed by atoms with Crippen LogP contribution in [0.2, 0.25) is 0 Å². The molecule has 0 amide bonds. The van der Waals surface area contributed by atoms with Gasteiger partial charge in [0.05, 0.1) is 12.6 Å². The van der Waals surface area contributed by atoms with Gasteiger partial charge in [0.25, 0.3) is 0 Å². The third kappa shape index (κ3) is 1.95. The number of carbonyl (C=O) groups excluding carboxylic acids is 1. The number of hydrogen-bond donors (Lipinski definition) is 1. The monoisotopic (exact) mass is 262 g/mol. The van der Waals surface area contributed by atoms with Crippen LogP contribution in [0.25, 0.3) is 5.52 Å². The minimum absolute atomic E-state index is 0.118. The number of carboxylic acids is 1. The standard InChI is InChI=1S/C13H14N2O4/c1-13(2,12(17)18)11-14-9(10(16)19-3)8-6-4-5-7-15(8)11/h4-7H,1-3H3,(H,17,18). The lowest BCUT2D eigenvalue weighted by atomic mass is 9.93. The Kier molecular flexibility index (Phi) is 3.01. The van der Waals surface area contributed by atoms with Gasteiger partial charge >= 0.3 is 11.9 Å². The second kappa shape index (κ2) is 4.38. The van der Waals surface area contributed by atoms with Crippen LogP contribution in [0.5, 0.6) is 0 Å². The fraction of sp³-hybridized carbons (Fsp3) is 0.308. The van der Waals surface area contributed by atoms with Gasteiger partial charge in [-0.3, -0.25) is 4.79 Å². The van der Waals surface area contributed by atoms with Gasteiger partial charge in [0.15, 0.2) is 5.69 Å². The zero-order chi connectivity index (χ0) is 14.2. The molecule has 0 bridgehead atoms. The molecule has 100 valence electrons. The normalized spacial score (nSPS) is 11.5. The van der Waals surface area contributed by atoms with Crippen molar-refractivity contribution >= 4 is 17.5 Å². The molecule has 0 spiro atoms. The third-order valence-electron chi connectivity index (χ3n) is 3.02. The van der Waals surface area contributed by atoms with Gasteiger partial charge < -0.3 is 14.2 Å². The van der Waals surface area contributed by atoms with Gasteiger partial charge in [-0.2, -0.15) is 0 Å². The van der Waals surface area contributed by atoms with Crippen molar-refractivity contribution in [1.29, 1.82) is 0 Å². The van der Waals surface area contributed by atoms with Crippen LogP contribution < -0.4 is 0 Å². The second-order valence-electron chi connectivity index (χ2n) is 4.66. The fourth-order valence-electron chi connectivity index (χ4n) is 1.82. The summed E-state index contributed by atoms with van der Waals surface area (Å²) in [5.74, 6) is -1.31. The van der Waals surface area contributed by atoms with Gasteiger partial charge in [-0.1, -0.05) is 6.07 Å². The van der Waals surface area contributed by atoms with Crippen molar-refractivity contribution in [2.45, 2.75) is 19.3 Å². The maximum atomic E-state index is 11.7.